The first-order chi connectivity index (χ1) is 14.0. The molecule has 0 aliphatic heterocycles. The fraction of sp³-hybridized carbons (Fsp3) is 0.364. The lowest BCUT2D eigenvalue weighted by Crippen LogP contribution is -2.24. The number of pyridine rings is 1. The average Bonchev–Trinajstić information content (AvgIpc) is 3.36. The van der Waals surface area contributed by atoms with Gasteiger partial charge in [0.25, 0.3) is 11.6 Å². The molecule has 2 heterocycles. The quantitative estimate of drug-likeness (QED) is 0.686. The van der Waals surface area contributed by atoms with Gasteiger partial charge in [-0.25, -0.2) is 4.98 Å². The van der Waals surface area contributed by atoms with E-state index in [1.54, 1.807) is 13.0 Å². The van der Waals surface area contributed by atoms with E-state index in [0.717, 1.165) is 36.9 Å². The maximum absolute atomic E-state index is 12.8. The van der Waals surface area contributed by atoms with Gasteiger partial charge in [0.15, 0.2) is 0 Å². The summed E-state index contributed by atoms with van der Waals surface area (Å²) in [5.41, 5.74) is 3.85. The number of fused-ring (bicyclic) bond motifs is 1. The Hall–Kier alpha value is -3.22. The van der Waals surface area contributed by atoms with E-state index in [1.165, 1.54) is 0 Å². The third-order valence-electron chi connectivity index (χ3n) is 5.36. The van der Waals surface area contributed by atoms with Crippen LogP contribution in [0.4, 0.5) is 5.69 Å². The first-order valence-corrected chi connectivity index (χ1v) is 9.93. The van der Waals surface area contributed by atoms with Crippen molar-refractivity contribution in [2.24, 2.45) is 5.92 Å². The van der Waals surface area contributed by atoms with E-state index in [1.807, 2.05) is 31.2 Å². The molecule has 0 radical (unpaired) electrons. The molecule has 2 N–H and O–H groups in total. The molecule has 1 aliphatic rings. The first-order valence-electron chi connectivity index (χ1n) is 9.93. The Balaban J connectivity index is 1.45. The van der Waals surface area contributed by atoms with Crippen LogP contribution in [0.5, 0.6) is 0 Å². The van der Waals surface area contributed by atoms with Crippen LogP contribution in [0.2, 0.25) is 0 Å². The van der Waals surface area contributed by atoms with Crippen LogP contribution in [0.25, 0.3) is 11.1 Å². The third kappa shape index (κ3) is 4.13. The van der Waals surface area contributed by atoms with Crippen LogP contribution in [0, 0.1) is 19.8 Å². The smallest absolute Gasteiger partial charge is 0.258 e. The number of benzene rings is 1. The highest BCUT2D eigenvalue weighted by Gasteiger charge is 2.22. The molecule has 0 atom stereocenters. The molecule has 1 aromatic carbocycles. The number of carbonyl (C=O) groups is 2. The van der Waals surface area contributed by atoms with E-state index in [-0.39, 0.29) is 17.7 Å². The lowest BCUT2D eigenvalue weighted by Gasteiger charge is -2.12. The summed E-state index contributed by atoms with van der Waals surface area (Å²) in [5, 5.41) is 10.5. The SMILES string of the molecule is Cc1cc(C(=O)NCc2cccc(NC(=O)C3CCCC3)c2)c2c(C)noc2n1. The number of hydrogen-bond acceptors (Lipinski definition) is 5. The highest BCUT2D eigenvalue weighted by molar-refractivity contribution is 6.06. The molecule has 1 aliphatic carbocycles. The van der Waals surface area contributed by atoms with Crippen LogP contribution < -0.4 is 10.6 Å². The molecule has 1 saturated carbocycles. The summed E-state index contributed by atoms with van der Waals surface area (Å²) < 4.78 is 5.20. The number of nitrogens with zero attached hydrogens (tertiary/aromatic N) is 2. The minimum absolute atomic E-state index is 0.0845. The third-order valence-corrected chi connectivity index (χ3v) is 5.36. The highest BCUT2D eigenvalue weighted by Crippen LogP contribution is 2.26. The molecule has 3 aromatic rings. The van der Waals surface area contributed by atoms with Gasteiger partial charge < -0.3 is 15.2 Å². The second-order valence-corrected chi connectivity index (χ2v) is 7.61. The number of rotatable bonds is 5. The van der Waals surface area contributed by atoms with Gasteiger partial charge in [-0.05, 0) is 50.5 Å². The molecule has 150 valence electrons. The van der Waals surface area contributed by atoms with Crippen molar-refractivity contribution in [3.63, 3.8) is 0 Å². The monoisotopic (exact) mass is 392 g/mol. The number of anilines is 1. The van der Waals surface area contributed by atoms with Gasteiger partial charge in [0.1, 0.15) is 0 Å². The maximum Gasteiger partial charge on any atom is 0.258 e. The summed E-state index contributed by atoms with van der Waals surface area (Å²) in [4.78, 5) is 29.4. The Morgan fingerprint density at radius 1 is 1.17 bits per heavy atom. The molecule has 0 unspecified atom stereocenters. The Kier molecular flexibility index (Phi) is 5.29. The van der Waals surface area contributed by atoms with Gasteiger partial charge in [-0.2, -0.15) is 0 Å². The van der Waals surface area contributed by atoms with Crippen LogP contribution in [0.1, 0.15) is 53.0 Å². The molecule has 0 bridgehead atoms. The van der Waals surface area contributed by atoms with Gasteiger partial charge in [0.05, 0.1) is 16.6 Å². The van der Waals surface area contributed by atoms with Crippen molar-refractivity contribution in [3.8, 4) is 0 Å². The molecular formula is C22H24N4O3. The van der Waals surface area contributed by atoms with E-state index in [2.05, 4.69) is 20.8 Å². The van der Waals surface area contributed by atoms with Gasteiger partial charge in [-0.3, -0.25) is 9.59 Å². The molecule has 29 heavy (non-hydrogen) atoms. The van der Waals surface area contributed by atoms with Crippen molar-refractivity contribution in [1.82, 2.24) is 15.5 Å². The van der Waals surface area contributed by atoms with E-state index in [0.29, 0.717) is 34.6 Å². The topological polar surface area (TPSA) is 97.1 Å². The summed E-state index contributed by atoms with van der Waals surface area (Å²) in [7, 11) is 0. The van der Waals surface area contributed by atoms with Crippen molar-refractivity contribution in [2.75, 3.05) is 5.32 Å². The van der Waals surface area contributed by atoms with Gasteiger partial charge >= 0.3 is 0 Å². The van der Waals surface area contributed by atoms with Crippen LogP contribution in [-0.4, -0.2) is 22.0 Å². The first kappa shape index (κ1) is 19.1. The Morgan fingerprint density at radius 2 is 1.97 bits per heavy atom. The maximum atomic E-state index is 12.8. The van der Waals surface area contributed by atoms with Crippen molar-refractivity contribution < 1.29 is 14.1 Å². The van der Waals surface area contributed by atoms with Crippen LogP contribution >= 0.6 is 0 Å². The fourth-order valence-electron chi connectivity index (χ4n) is 3.87. The molecule has 7 heteroatoms. The van der Waals surface area contributed by atoms with Gasteiger partial charge in [-0.1, -0.05) is 30.1 Å². The van der Waals surface area contributed by atoms with E-state index >= 15 is 0 Å². The summed E-state index contributed by atoms with van der Waals surface area (Å²) in [6, 6.07) is 9.30. The molecule has 2 amide bonds. The number of nitrogens with one attached hydrogen (secondary N) is 2. The van der Waals surface area contributed by atoms with Gasteiger partial charge in [0, 0.05) is 23.8 Å². The van der Waals surface area contributed by atoms with Crippen molar-refractivity contribution in [2.45, 2.75) is 46.1 Å². The summed E-state index contributed by atoms with van der Waals surface area (Å²) in [6.07, 6.45) is 4.17. The molecule has 7 nitrogen and oxygen atoms in total. The molecule has 2 aromatic heterocycles. The van der Waals surface area contributed by atoms with E-state index < -0.39 is 0 Å². The zero-order valence-electron chi connectivity index (χ0n) is 16.6. The molecule has 0 spiro atoms. The number of hydrogen-bond donors (Lipinski definition) is 2. The van der Waals surface area contributed by atoms with Crippen molar-refractivity contribution >= 4 is 28.6 Å². The normalized spacial score (nSPS) is 14.3. The predicted molar refractivity (Wildman–Crippen MR) is 109 cm³/mol. The minimum atomic E-state index is -0.216. The van der Waals surface area contributed by atoms with E-state index in [9.17, 15) is 9.59 Å². The average molecular weight is 392 g/mol. The second kappa shape index (κ2) is 8.03. The number of aryl methyl sites for hydroxylation is 2. The number of carbonyl (C=O) groups excluding carboxylic acids is 2. The number of aromatic nitrogens is 2. The molecular weight excluding hydrogens is 368 g/mol. The largest absolute Gasteiger partial charge is 0.348 e. The highest BCUT2D eigenvalue weighted by atomic mass is 16.5. The summed E-state index contributed by atoms with van der Waals surface area (Å²) in [5.74, 6) is -0.0176. The van der Waals surface area contributed by atoms with Crippen molar-refractivity contribution in [1.29, 1.82) is 0 Å². The van der Waals surface area contributed by atoms with Crippen molar-refractivity contribution in [3.05, 3.63) is 52.8 Å². The summed E-state index contributed by atoms with van der Waals surface area (Å²) >= 11 is 0. The molecule has 0 saturated heterocycles. The lowest BCUT2D eigenvalue weighted by molar-refractivity contribution is -0.119. The minimum Gasteiger partial charge on any atom is -0.348 e. The second-order valence-electron chi connectivity index (χ2n) is 7.61. The Bertz CT molecular complexity index is 1070. The predicted octanol–water partition coefficient (Wildman–Crippen LogP) is 3.90. The number of amides is 2. The zero-order chi connectivity index (χ0) is 20.4. The Morgan fingerprint density at radius 3 is 2.76 bits per heavy atom. The summed E-state index contributed by atoms with van der Waals surface area (Å²) in [6.45, 7) is 3.94. The fourth-order valence-corrected chi connectivity index (χ4v) is 3.87. The molecule has 4 rings (SSSR count). The molecule has 1 fully saturated rings. The Labute approximate surface area is 168 Å². The van der Waals surface area contributed by atoms with Gasteiger partial charge in [-0.15, -0.1) is 0 Å². The zero-order valence-corrected chi connectivity index (χ0v) is 16.6. The van der Waals surface area contributed by atoms with Gasteiger partial charge in [0.2, 0.25) is 5.91 Å². The standard InChI is InChI=1S/C22H24N4O3/c1-13-10-18(19-14(2)26-29-22(19)24-13)21(28)23-12-15-6-5-9-17(11-15)25-20(27)16-7-3-4-8-16/h5-6,9-11,16H,3-4,7-8,12H2,1-2H3,(H,23,28)(H,25,27). The van der Waals surface area contributed by atoms with Crippen LogP contribution in [0.3, 0.4) is 0 Å². The lowest BCUT2D eigenvalue weighted by atomic mass is 10.1. The van der Waals surface area contributed by atoms with Crippen LogP contribution in [-0.2, 0) is 11.3 Å². The van der Waals surface area contributed by atoms with E-state index in [4.69, 9.17) is 4.52 Å². The van der Waals surface area contributed by atoms with Crippen LogP contribution in [0.15, 0.2) is 34.9 Å².